The number of rotatable bonds is 6. The number of halogens is 2. The van der Waals surface area contributed by atoms with Gasteiger partial charge in [0.2, 0.25) is 11.6 Å². The number of aromatic nitrogens is 5. The molecular weight excluding hydrogens is 443 g/mol. The molecule has 13 heteroatoms. The number of hydrazone groups is 1. The van der Waals surface area contributed by atoms with Crippen molar-refractivity contribution in [1.82, 2.24) is 30.7 Å². The molecule has 11 nitrogen and oxygen atoms in total. The van der Waals surface area contributed by atoms with E-state index in [2.05, 4.69) is 35.8 Å². The predicted octanol–water partition coefficient (Wildman–Crippen LogP) is 2.46. The highest BCUT2D eigenvalue weighted by molar-refractivity contribution is 6.33. The molecule has 0 unspecified atom stereocenters. The van der Waals surface area contributed by atoms with Gasteiger partial charge in [-0.25, -0.2) is 14.4 Å². The Bertz CT molecular complexity index is 1300. The number of carbonyl (C=O) groups excluding carboxylic acids is 1. The fraction of sp³-hybridized carbons (Fsp3) is 0.0526. The Balaban J connectivity index is 1.72. The zero-order chi connectivity index (χ0) is 22.7. The summed E-state index contributed by atoms with van der Waals surface area (Å²) in [6.07, 6.45) is 1.09. The molecule has 0 radical (unpaired) electrons. The summed E-state index contributed by atoms with van der Waals surface area (Å²) >= 11 is 5.96. The molecule has 4 aromatic rings. The second-order valence-electron chi connectivity index (χ2n) is 6.24. The van der Waals surface area contributed by atoms with Crippen LogP contribution in [0.5, 0.6) is 5.75 Å². The van der Waals surface area contributed by atoms with Crippen molar-refractivity contribution in [3.8, 4) is 22.8 Å². The molecule has 2 heterocycles. The molecular formula is C19H14ClFN8O3. The maximum atomic E-state index is 13.9. The minimum Gasteiger partial charge on any atom is -0.497 e. The number of ether oxygens (including phenoxy) is 1. The van der Waals surface area contributed by atoms with Crippen LogP contribution in [0.15, 0.2) is 52.2 Å². The van der Waals surface area contributed by atoms with E-state index in [0.29, 0.717) is 11.3 Å². The molecule has 2 aromatic heterocycles. The molecule has 3 N–H and O–H groups in total. The van der Waals surface area contributed by atoms with Gasteiger partial charge in [-0.1, -0.05) is 35.0 Å². The average molecular weight is 457 g/mol. The predicted molar refractivity (Wildman–Crippen MR) is 112 cm³/mol. The first kappa shape index (κ1) is 20.9. The van der Waals surface area contributed by atoms with Crippen LogP contribution in [0.4, 0.5) is 10.2 Å². The largest absolute Gasteiger partial charge is 0.497 e. The zero-order valence-corrected chi connectivity index (χ0v) is 17.1. The van der Waals surface area contributed by atoms with Crippen LogP contribution < -0.4 is 15.9 Å². The fourth-order valence-corrected chi connectivity index (χ4v) is 3.00. The number of amides is 1. The molecule has 1 amide bonds. The molecule has 0 fully saturated rings. The highest BCUT2D eigenvalue weighted by atomic mass is 35.5. The minimum absolute atomic E-state index is 0.0209. The van der Waals surface area contributed by atoms with E-state index in [4.69, 9.17) is 22.1 Å². The smallest absolute Gasteiger partial charge is 0.294 e. The quantitative estimate of drug-likeness (QED) is 0.332. The van der Waals surface area contributed by atoms with Crippen molar-refractivity contribution >= 4 is 29.5 Å². The second kappa shape index (κ2) is 8.81. The van der Waals surface area contributed by atoms with Crippen LogP contribution in [0, 0.1) is 5.82 Å². The summed E-state index contributed by atoms with van der Waals surface area (Å²) < 4.78 is 25.0. The number of hydrogen-bond acceptors (Lipinski definition) is 9. The Morgan fingerprint density at radius 1 is 1.31 bits per heavy atom. The standard InChI is InChI=1S/C19H14ClFN8O3/c1-31-11-5-2-4-10(8-11)16-15(24-28-29(16)18-17(22)26-32-27-18)19(30)25-23-9-12-13(20)6-3-7-14(12)21/h2-9H,1H3,(H2,22,26)(H,25,30)/b23-9+. The first-order chi connectivity index (χ1) is 15.5. The third kappa shape index (κ3) is 3.98. The summed E-state index contributed by atoms with van der Waals surface area (Å²) in [6.45, 7) is 0. The lowest BCUT2D eigenvalue weighted by Gasteiger charge is -2.07. The Hall–Kier alpha value is -4.32. The van der Waals surface area contributed by atoms with Gasteiger partial charge >= 0.3 is 0 Å². The maximum absolute atomic E-state index is 13.9. The second-order valence-corrected chi connectivity index (χ2v) is 6.65. The Labute approximate surface area is 184 Å². The molecule has 0 aliphatic rings. The molecule has 4 rings (SSSR count). The summed E-state index contributed by atoms with van der Waals surface area (Å²) in [5.41, 5.74) is 8.71. The van der Waals surface area contributed by atoms with Crippen molar-refractivity contribution in [3.63, 3.8) is 0 Å². The monoisotopic (exact) mass is 456 g/mol. The van der Waals surface area contributed by atoms with Crippen molar-refractivity contribution in [2.24, 2.45) is 5.10 Å². The Kier molecular flexibility index (Phi) is 5.77. The van der Waals surface area contributed by atoms with E-state index in [-0.39, 0.29) is 33.6 Å². The van der Waals surface area contributed by atoms with Gasteiger partial charge in [-0.05, 0) is 34.6 Å². The van der Waals surface area contributed by atoms with E-state index >= 15 is 0 Å². The van der Waals surface area contributed by atoms with Gasteiger partial charge in [0.15, 0.2) is 5.69 Å². The first-order valence-corrected chi connectivity index (χ1v) is 9.33. The number of nitrogens with zero attached hydrogens (tertiary/aromatic N) is 6. The van der Waals surface area contributed by atoms with Crippen molar-refractivity contribution in [2.45, 2.75) is 0 Å². The molecule has 0 saturated carbocycles. The summed E-state index contributed by atoms with van der Waals surface area (Å²) in [5.74, 6) is -0.811. The van der Waals surface area contributed by atoms with Crippen LogP contribution in [0.2, 0.25) is 5.02 Å². The zero-order valence-electron chi connectivity index (χ0n) is 16.4. The molecule has 2 aromatic carbocycles. The van der Waals surface area contributed by atoms with Crippen LogP contribution in [0.25, 0.3) is 17.1 Å². The lowest BCUT2D eigenvalue weighted by molar-refractivity contribution is 0.0950. The Morgan fingerprint density at radius 2 is 2.12 bits per heavy atom. The summed E-state index contributed by atoms with van der Waals surface area (Å²) in [5, 5.41) is 19.0. The van der Waals surface area contributed by atoms with E-state index in [1.165, 1.54) is 30.0 Å². The summed E-state index contributed by atoms with van der Waals surface area (Å²) in [6, 6.07) is 11.0. The van der Waals surface area contributed by atoms with E-state index in [0.717, 1.165) is 6.21 Å². The maximum Gasteiger partial charge on any atom is 0.294 e. The molecule has 0 bridgehead atoms. The van der Waals surface area contributed by atoms with Gasteiger partial charge in [-0.15, -0.1) is 5.10 Å². The number of anilines is 1. The number of nitrogens with one attached hydrogen (secondary N) is 1. The molecule has 0 atom stereocenters. The SMILES string of the molecule is COc1cccc(-c2c(C(=O)N/N=C/c3c(F)cccc3Cl)nnn2-c2nonc2N)c1. The number of hydrogen-bond donors (Lipinski definition) is 2. The van der Waals surface area contributed by atoms with Gasteiger partial charge in [0.1, 0.15) is 17.3 Å². The van der Waals surface area contributed by atoms with E-state index in [1.807, 2.05) is 0 Å². The minimum atomic E-state index is -0.729. The van der Waals surface area contributed by atoms with Crippen LogP contribution in [0.1, 0.15) is 16.1 Å². The van der Waals surface area contributed by atoms with Crippen molar-refractivity contribution in [3.05, 3.63) is 64.6 Å². The van der Waals surface area contributed by atoms with Gasteiger partial charge in [-0.2, -0.15) is 9.78 Å². The number of nitrogens with two attached hydrogens (primary N) is 1. The average Bonchev–Trinajstić information content (AvgIpc) is 3.41. The summed E-state index contributed by atoms with van der Waals surface area (Å²) in [7, 11) is 1.50. The van der Waals surface area contributed by atoms with Crippen LogP contribution in [-0.4, -0.2) is 44.5 Å². The highest BCUT2D eigenvalue weighted by Gasteiger charge is 2.25. The Morgan fingerprint density at radius 3 is 2.84 bits per heavy atom. The van der Waals surface area contributed by atoms with E-state index in [9.17, 15) is 9.18 Å². The van der Waals surface area contributed by atoms with Crippen molar-refractivity contribution in [1.29, 1.82) is 0 Å². The van der Waals surface area contributed by atoms with Gasteiger partial charge in [-0.3, -0.25) is 4.79 Å². The lowest BCUT2D eigenvalue weighted by atomic mass is 10.1. The van der Waals surface area contributed by atoms with Gasteiger partial charge in [0.25, 0.3) is 5.91 Å². The summed E-state index contributed by atoms with van der Waals surface area (Å²) in [4.78, 5) is 12.8. The molecule has 162 valence electrons. The number of benzene rings is 2. The van der Waals surface area contributed by atoms with E-state index < -0.39 is 11.7 Å². The third-order valence-electron chi connectivity index (χ3n) is 4.28. The third-order valence-corrected chi connectivity index (χ3v) is 4.61. The topological polar surface area (TPSA) is 146 Å². The number of carbonyl (C=O) groups is 1. The van der Waals surface area contributed by atoms with Crippen LogP contribution >= 0.6 is 11.6 Å². The number of methoxy groups -OCH3 is 1. The molecule has 0 saturated heterocycles. The molecule has 0 aliphatic carbocycles. The lowest BCUT2D eigenvalue weighted by Crippen LogP contribution is -2.19. The van der Waals surface area contributed by atoms with Crippen LogP contribution in [0.3, 0.4) is 0 Å². The van der Waals surface area contributed by atoms with E-state index in [1.54, 1.807) is 24.3 Å². The fourth-order valence-electron chi connectivity index (χ4n) is 2.79. The van der Waals surface area contributed by atoms with Crippen LogP contribution in [-0.2, 0) is 0 Å². The normalized spacial score (nSPS) is 11.1. The van der Waals surface area contributed by atoms with Gasteiger partial charge in [0, 0.05) is 11.1 Å². The molecule has 32 heavy (non-hydrogen) atoms. The van der Waals surface area contributed by atoms with Gasteiger partial charge < -0.3 is 10.5 Å². The van der Waals surface area contributed by atoms with Gasteiger partial charge in [0.05, 0.1) is 18.3 Å². The molecule has 0 aliphatic heterocycles. The molecule has 0 spiro atoms. The van der Waals surface area contributed by atoms with Crippen molar-refractivity contribution < 1.29 is 18.6 Å². The first-order valence-electron chi connectivity index (χ1n) is 8.95. The number of nitrogen functional groups attached to an aromatic ring is 1. The highest BCUT2D eigenvalue weighted by Crippen LogP contribution is 2.29. The van der Waals surface area contributed by atoms with Crippen molar-refractivity contribution in [2.75, 3.05) is 12.8 Å².